The number of aliphatic carboxylic acids is 1. The maximum atomic E-state index is 12.0. The number of nitro groups is 1. The van der Waals surface area contributed by atoms with Crippen LogP contribution in [0.4, 0.5) is 5.69 Å². The summed E-state index contributed by atoms with van der Waals surface area (Å²) in [4.78, 5) is 20.3. The Bertz CT molecular complexity index is 670. The van der Waals surface area contributed by atoms with Gasteiger partial charge < -0.3 is 5.11 Å². The lowest BCUT2D eigenvalue weighted by Gasteiger charge is -2.20. The zero-order valence-corrected chi connectivity index (χ0v) is 12.0. The molecule has 0 heterocycles. The minimum atomic E-state index is -4.23. The van der Waals surface area contributed by atoms with Gasteiger partial charge in [-0.1, -0.05) is 11.6 Å². The van der Waals surface area contributed by atoms with Gasteiger partial charge in [0, 0.05) is 6.07 Å². The third-order valence-corrected chi connectivity index (χ3v) is 4.32. The summed E-state index contributed by atoms with van der Waals surface area (Å²) in [5.41, 5.74) is -2.34. The second kappa shape index (κ2) is 5.35. The molecule has 10 heteroatoms. The maximum Gasteiger partial charge on any atom is 0.324 e. The van der Waals surface area contributed by atoms with Gasteiger partial charge in [-0.3, -0.25) is 14.9 Å². The highest BCUT2D eigenvalue weighted by Gasteiger charge is 2.33. The van der Waals surface area contributed by atoms with E-state index in [0.29, 0.717) is 0 Å². The molecule has 8 nitrogen and oxygen atoms in total. The summed E-state index contributed by atoms with van der Waals surface area (Å²) in [6, 6.07) is 2.88. The summed E-state index contributed by atoms with van der Waals surface area (Å²) in [6.07, 6.45) is 0. The van der Waals surface area contributed by atoms with E-state index in [0.717, 1.165) is 32.0 Å². The van der Waals surface area contributed by atoms with E-state index in [1.807, 2.05) is 4.72 Å². The highest BCUT2D eigenvalue weighted by atomic mass is 35.5. The highest BCUT2D eigenvalue weighted by Crippen LogP contribution is 2.27. The number of carbonyl (C=O) groups is 1. The number of hydrogen-bond donors (Lipinski definition) is 2. The fourth-order valence-corrected chi connectivity index (χ4v) is 2.82. The van der Waals surface area contributed by atoms with Crippen LogP contribution in [0.2, 0.25) is 5.02 Å². The number of carboxylic acids is 1. The molecule has 0 aliphatic rings. The Morgan fingerprint density at radius 1 is 1.45 bits per heavy atom. The zero-order valence-electron chi connectivity index (χ0n) is 10.5. The van der Waals surface area contributed by atoms with Crippen molar-refractivity contribution in [1.82, 2.24) is 4.72 Å². The summed E-state index contributed by atoms with van der Waals surface area (Å²) in [6.45, 7) is 2.30. The minimum Gasteiger partial charge on any atom is -0.480 e. The molecule has 0 fully saturated rings. The predicted molar refractivity (Wildman–Crippen MR) is 70.1 cm³/mol. The number of hydrogen-bond acceptors (Lipinski definition) is 5. The average Bonchev–Trinajstić information content (AvgIpc) is 2.27. The van der Waals surface area contributed by atoms with Gasteiger partial charge in [-0.05, 0) is 26.0 Å². The second-order valence-corrected chi connectivity index (χ2v) is 6.50. The number of rotatable bonds is 5. The van der Waals surface area contributed by atoms with Gasteiger partial charge in [0.1, 0.15) is 10.6 Å². The summed E-state index contributed by atoms with van der Waals surface area (Å²) in [5, 5.41) is 19.4. The van der Waals surface area contributed by atoms with Gasteiger partial charge in [0.15, 0.2) is 0 Å². The standard InChI is InChI=1S/C10H11ClN2O6S/c1-10(2,9(14)15)12-20(18,19)6-3-4-7(11)8(5-6)13(16)17/h3-5,12H,1-2H3,(H,14,15). The van der Waals surface area contributed by atoms with Crippen LogP contribution in [-0.4, -0.2) is 30.0 Å². The molecule has 1 aromatic rings. The smallest absolute Gasteiger partial charge is 0.324 e. The number of nitrogens with zero attached hydrogens (tertiary/aromatic N) is 1. The fourth-order valence-electron chi connectivity index (χ4n) is 1.24. The molecular weight excluding hydrogens is 312 g/mol. The maximum absolute atomic E-state index is 12.0. The van der Waals surface area contributed by atoms with E-state index in [1.54, 1.807) is 0 Å². The van der Waals surface area contributed by atoms with Crippen LogP contribution in [-0.2, 0) is 14.8 Å². The van der Waals surface area contributed by atoms with Gasteiger partial charge in [0.2, 0.25) is 10.0 Å². The largest absolute Gasteiger partial charge is 0.480 e. The van der Waals surface area contributed by atoms with E-state index in [-0.39, 0.29) is 5.02 Å². The van der Waals surface area contributed by atoms with Gasteiger partial charge >= 0.3 is 5.97 Å². The van der Waals surface area contributed by atoms with Crippen LogP contribution in [0, 0.1) is 10.1 Å². The van der Waals surface area contributed by atoms with E-state index in [1.165, 1.54) is 0 Å². The number of halogens is 1. The van der Waals surface area contributed by atoms with E-state index >= 15 is 0 Å². The molecule has 0 atom stereocenters. The van der Waals surface area contributed by atoms with Crippen molar-refractivity contribution >= 4 is 33.3 Å². The number of sulfonamides is 1. The van der Waals surface area contributed by atoms with E-state index in [2.05, 4.69) is 0 Å². The highest BCUT2D eigenvalue weighted by molar-refractivity contribution is 7.89. The molecule has 0 saturated heterocycles. The molecular formula is C10H11ClN2O6S. The van der Waals surface area contributed by atoms with Crippen molar-refractivity contribution in [1.29, 1.82) is 0 Å². The predicted octanol–water partition coefficient (Wildman–Crippen LogP) is 1.39. The molecule has 110 valence electrons. The van der Waals surface area contributed by atoms with Gasteiger partial charge in [-0.15, -0.1) is 0 Å². The number of benzene rings is 1. The molecule has 0 aromatic heterocycles. The number of nitrogens with one attached hydrogen (secondary N) is 1. The minimum absolute atomic E-state index is 0.216. The molecule has 0 aliphatic carbocycles. The van der Waals surface area contributed by atoms with Crippen molar-refractivity contribution in [3.8, 4) is 0 Å². The van der Waals surface area contributed by atoms with Crippen LogP contribution in [0.25, 0.3) is 0 Å². The molecule has 1 rings (SSSR count). The Kier molecular flexibility index (Phi) is 4.37. The third-order valence-electron chi connectivity index (χ3n) is 2.35. The summed E-state index contributed by atoms with van der Waals surface area (Å²) in [5.74, 6) is -1.38. The van der Waals surface area contributed by atoms with Crippen molar-refractivity contribution in [3.05, 3.63) is 33.3 Å². The molecule has 20 heavy (non-hydrogen) atoms. The van der Waals surface area contributed by atoms with Crippen LogP contribution in [0.1, 0.15) is 13.8 Å². The summed E-state index contributed by atoms with van der Waals surface area (Å²) in [7, 11) is -4.23. The third kappa shape index (κ3) is 3.44. The Balaban J connectivity index is 3.27. The molecule has 0 bridgehead atoms. The van der Waals surface area contributed by atoms with Crippen LogP contribution < -0.4 is 4.72 Å². The van der Waals surface area contributed by atoms with Crippen LogP contribution in [0.5, 0.6) is 0 Å². The SMILES string of the molecule is CC(C)(NS(=O)(=O)c1ccc(Cl)c([N+](=O)[O-])c1)C(=O)O. The first-order chi connectivity index (χ1) is 8.97. The lowest BCUT2D eigenvalue weighted by molar-refractivity contribution is -0.384. The van der Waals surface area contributed by atoms with E-state index in [9.17, 15) is 23.3 Å². The molecule has 0 radical (unpaired) electrons. The van der Waals surface area contributed by atoms with Gasteiger partial charge in [-0.25, -0.2) is 8.42 Å². The quantitative estimate of drug-likeness (QED) is 0.623. The van der Waals surface area contributed by atoms with Gasteiger partial charge in [0.25, 0.3) is 5.69 Å². The molecule has 0 saturated carbocycles. The van der Waals surface area contributed by atoms with Crippen molar-refractivity contribution < 1.29 is 23.2 Å². The lowest BCUT2D eigenvalue weighted by Crippen LogP contribution is -2.49. The Morgan fingerprint density at radius 2 is 2.00 bits per heavy atom. The fraction of sp³-hybridized carbons (Fsp3) is 0.300. The zero-order chi connectivity index (χ0) is 15.7. The van der Waals surface area contributed by atoms with Crippen molar-refractivity contribution in [3.63, 3.8) is 0 Å². The molecule has 1 aromatic carbocycles. The Labute approximate surface area is 119 Å². The normalized spacial score (nSPS) is 12.2. The first-order valence-corrected chi connectivity index (χ1v) is 7.05. The molecule has 0 spiro atoms. The Morgan fingerprint density at radius 3 is 2.45 bits per heavy atom. The summed E-state index contributed by atoms with van der Waals surface area (Å²) >= 11 is 5.57. The van der Waals surface area contributed by atoms with Crippen LogP contribution in [0.15, 0.2) is 23.1 Å². The molecule has 0 amide bonds. The van der Waals surface area contributed by atoms with E-state index in [4.69, 9.17) is 16.7 Å². The molecule has 2 N–H and O–H groups in total. The average molecular weight is 323 g/mol. The van der Waals surface area contributed by atoms with Crippen molar-refractivity contribution in [2.24, 2.45) is 0 Å². The number of carboxylic acid groups (broad SMARTS) is 1. The van der Waals surface area contributed by atoms with Crippen LogP contribution in [0.3, 0.4) is 0 Å². The Hall–Kier alpha value is -1.71. The number of nitro benzene ring substituents is 1. The lowest BCUT2D eigenvalue weighted by atomic mass is 10.1. The monoisotopic (exact) mass is 322 g/mol. The molecule has 0 unspecified atom stereocenters. The first-order valence-electron chi connectivity index (χ1n) is 5.19. The topological polar surface area (TPSA) is 127 Å². The molecule has 0 aliphatic heterocycles. The van der Waals surface area contributed by atoms with Crippen molar-refractivity contribution in [2.45, 2.75) is 24.3 Å². The van der Waals surface area contributed by atoms with Crippen molar-refractivity contribution in [2.75, 3.05) is 0 Å². The second-order valence-electron chi connectivity index (χ2n) is 4.41. The summed E-state index contributed by atoms with van der Waals surface area (Å²) < 4.78 is 25.9. The van der Waals surface area contributed by atoms with Gasteiger partial charge in [0.05, 0.1) is 9.82 Å². The van der Waals surface area contributed by atoms with Crippen LogP contribution >= 0.6 is 11.6 Å². The van der Waals surface area contributed by atoms with E-state index < -0.39 is 37.0 Å². The van der Waals surface area contributed by atoms with Gasteiger partial charge in [-0.2, -0.15) is 4.72 Å². The first kappa shape index (κ1) is 16.3.